The molecule has 1 aliphatic heterocycles. The number of hydrogen-bond donors (Lipinski definition) is 0. The van der Waals surface area contributed by atoms with Gasteiger partial charge in [-0.1, -0.05) is 41.0 Å². The molecule has 1 aromatic heterocycles. The van der Waals surface area contributed by atoms with E-state index in [2.05, 4.69) is 41.4 Å². The highest BCUT2D eigenvalue weighted by Gasteiger charge is 2.25. The lowest BCUT2D eigenvalue weighted by Gasteiger charge is -2.36. The Morgan fingerprint density at radius 1 is 1.42 bits per heavy atom. The van der Waals surface area contributed by atoms with Crippen molar-refractivity contribution in [3.63, 3.8) is 0 Å². The maximum absolute atomic E-state index is 12.4. The summed E-state index contributed by atoms with van der Waals surface area (Å²) in [5.74, 6) is 0.750. The number of fused-ring (bicyclic) bond motifs is 1. The lowest BCUT2D eigenvalue weighted by Crippen LogP contribution is -2.46. The van der Waals surface area contributed by atoms with E-state index in [4.69, 9.17) is 16.1 Å². The first kappa shape index (κ1) is 17.0. The van der Waals surface area contributed by atoms with Crippen molar-refractivity contribution >= 4 is 17.5 Å². The standard InChI is InChI=1S/C18H22ClN3O2/c1-21-11-14-6-4-3-5-13(14)9-15(21)12-22(2)18(23)8-7-16-10-17(19)20-24-16/h3-6,10,15H,7-9,11-12H2,1-2H3. The van der Waals surface area contributed by atoms with Gasteiger partial charge in [-0.05, 0) is 24.6 Å². The molecule has 5 nitrogen and oxygen atoms in total. The average Bonchev–Trinajstić information content (AvgIpc) is 2.98. The summed E-state index contributed by atoms with van der Waals surface area (Å²) < 4.78 is 5.04. The number of likely N-dealkylation sites (N-methyl/N-ethyl adjacent to an activating group) is 2. The minimum atomic E-state index is 0.106. The van der Waals surface area contributed by atoms with Crippen LogP contribution >= 0.6 is 11.6 Å². The fourth-order valence-corrected chi connectivity index (χ4v) is 3.32. The maximum Gasteiger partial charge on any atom is 0.222 e. The van der Waals surface area contributed by atoms with E-state index in [9.17, 15) is 4.79 Å². The van der Waals surface area contributed by atoms with E-state index in [1.54, 1.807) is 6.07 Å². The molecule has 1 aromatic carbocycles. The summed E-state index contributed by atoms with van der Waals surface area (Å²) >= 11 is 5.72. The van der Waals surface area contributed by atoms with Crippen LogP contribution in [-0.4, -0.2) is 47.5 Å². The fourth-order valence-electron chi connectivity index (χ4n) is 3.17. The molecule has 0 spiro atoms. The molecular weight excluding hydrogens is 326 g/mol. The Morgan fingerprint density at radius 2 is 2.17 bits per heavy atom. The van der Waals surface area contributed by atoms with Gasteiger partial charge in [-0.15, -0.1) is 0 Å². The number of carbonyl (C=O) groups excluding carboxylic acids is 1. The van der Waals surface area contributed by atoms with Gasteiger partial charge in [0.2, 0.25) is 5.91 Å². The first-order chi connectivity index (χ1) is 11.5. The zero-order valence-corrected chi connectivity index (χ0v) is 14.8. The van der Waals surface area contributed by atoms with Gasteiger partial charge in [0.05, 0.1) is 0 Å². The van der Waals surface area contributed by atoms with E-state index in [-0.39, 0.29) is 5.91 Å². The van der Waals surface area contributed by atoms with Crippen LogP contribution in [0.4, 0.5) is 0 Å². The number of amides is 1. The number of hydrogen-bond acceptors (Lipinski definition) is 4. The predicted octanol–water partition coefficient (Wildman–Crippen LogP) is 2.78. The summed E-state index contributed by atoms with van der Waals surface area (Å²) in [4.78, 5) is 16.5. The molecule has 1 amide bonds. The van der Waals surface area contributed by atoms with Crippen molar-refractivity contribution in [2.45, 2.75) is 31.8 Å². The molecule has 0 radical (unpaired) electrons. The van der Waals surface area contributed by atoms with E-state index in [1.165, 1.54) is 11.1 Å². The van der Waals surface area contributed by atoms with E-state index in [0.29, 0.717) is 29.8 Å². The molecule has 128 valence electrons. The van der Waals surface area contributed by atoms with Crippen LogP contribution < -0.4 is 0 Å². The molecule has 0 N–H and O–H groups in total. The van der Waals surface area contributed by atoms with Crippen LogP contribution in [-0.2, 0) is 24.2 Å². The molecule has 2 aromatic rings. The van der Waals surface area contributed by atoms with Gasteiger partial charge in [-0.2, -0.15) is 0 Å². The Hall–Kier alpha value is -1.85. The number of nitrogens with zero attached hydrogens (tertiary/aromatic N) is 3. The summed E-state index contributed by atoms with van der Waals surface area (Å²) in [6, 6.07) is 10.5. The fraction of sp³-hybridized carbons (Fsp3) is 0.444. The normalized spacial score (nSPS) is 17.5. The van der Waals surface area contributed by atoms with Gasteiger partial charge in [0.1, 0.15) is 5.76 Å². The van der Waals surface area contributed by atoms with Crippen molar-refractivity contribution in [3.8, 4) is 0 Å². The number of halogens is 1. The molecule has 0 saturated carbocycles. The zero-order valence-electron chi connectivity index (χ0n) is 14.0. The summed E-state index contributed by atoms with van der Waals surface area (Å²) in [6.07, 6.45) is 1.89. The Morgan fingerprint density at radius 3 is 2.88 bits per heavy atom. The number of benzene rings is 1. The lowest BCUT2D eigenvalue weighted by molar-refractivity contribution is -0.130. The summed E-state index contributed by atoms with van der Waals surface area (Å²) in [6.45, 7) is 1.65. The van der Waals surface area contributed by atoms with Crippen molar-refractivity contribution in [3.05, 3.63) is 52.4 Å². The van der Waals surface area contributed by atoms with Crippen LogP contribution in [0.1, 0.15) is 23.3 Å². The lowest BCUT2D eigenvalue weighted by atomic mass is 9.94. The Labute approximate surface area is 147 Å². The minimum Gasteiger partial charge on any atom is -0.360 e. The van der Waals surface area contributed by atoms with Gasteiger partial charge in [0.25, 0.3) is 0 Å². The largest absolute Gasteiger partial charge is 0.360 e. The second-order valence-corrected chi connectivity index (χ2v) is 6.82. The summed E-state index contributed by atoms with van der Waals surface area (Å²) in [5.41, 5.74) is 2.77. The summed E-state index contributed by atoms with van der Waals surface area (Å²) in [7, 11) is 3.99. The first-order valence-corrected chi connectivity index (χ1v) is 8.53. The van der Waals surface area contributed by atoms with Gasteiger partial charge in [-0.25, -0.2) is 0 Å². The number of rotatable bonds is 5. The summed E-state index contributed by atoms with van der Waals surface area (Å²) in [5, 5.41) is 3.95. The molecule has 0 aliphatic carbocycles. The quantitative estimate of drug-likeness (QED) is 0.834. The molecular formula is C18H22ClN3O2. The van der Waals surface area contributed by atoms with Crippen LogP contribution in [0.3, 0.4) is 0 Å². The third kappa shape index (κ3) is 3.97. The molecule has 2 heterocycles. The van der Waals surface area contributed by atoms with E-state index in [1.807, 2.05) is 11.9 Å². The highest BCUT2D eigenvalue weighted by molar-refractivity contribution is 6.29. The van der Waals surface area contributed by atoms with Crippen molar-refractivity contribution in [1.82, 2.24) is 15.0 Å². The molecule has 1 atom stereocenters. The van der Waals surface area contributed by atoms with Gasteiger partial charge in [0.15, 0.2) is 5.15 Å². The zero-order chi connectivity index (χ0) is 17.1. The molecule has 1 aliphatic rings. The van der Waals surface area contributed by atoms with E-state index >= 15 is 0 Å². The van der Waals surface area contributed by atoms with Crippen molar-refractivity contribution in [2.75, 3.05) is 20.6 Å². The van der Waals surface area contributed by atoms with E-state index in [0.717, 1.165) is 19.5 Å². The Balaban J connectivity index is 1.54. The van der Waals surface area contributed by atoms with Gasteiger partial charge >= 0.3 is 0 Å². The van der Waals surface area contributed by atoms with E-state index < -0.39 is 0 Å². The van der Waals surface area contributed by atoms with Crippen LogP contribution in [0.5, 0.6) is 0 Å². The molecule has 24 heavy (non-hydrogen) atoms. The molecule has 3 rings (SSSR count). The molecule has 0 saturated heterocycles. The van der Waals surface area contributed by atoms with Crippen molar-refractivity contribution in [1.29, 1.82) is 0 Å². The maximum atomic E-state index is 12.4. The number of carbonyl (C=O) groups is 1. The second-order valence-electron chi connectivity index (χ2n) is 6.43. The molecule has 0 fully saturated rings. The first-order valence-electron chi connectivity index (χ1n) is 8.15. The van der Waals surface area contributed by atoms with Gasteiger partial charge in [-0.3, -0.25) is 9.69 Å². The van der Waals surface area contributed by atoms with Crippen LogP contribution in [0.25, 0.3) is 0 Å². The van der Waals surface area contributed by atoms with Crippen molar-refractivity contribution < 1.29 is 9.32 Å². The third-order valence-electron chi connectivity index (χ3n) is 4.64. The smallest absolute Gasteiger partial charge is 0.222 e. The number of aromatic nitrogens is 1. The Bertz CT molecular complexity index is 716. The van der Waals surface area contributed by atoms with Crippen LogP contribution in [0.15, 0.2) is 34.9 Å². The van der Waals surface area contributed by atoms with Crippen LogP contribution in [0.2, 0.25) is 5.15 Å². The monoisotopic (exact) mass is 347 g/mol. The van der Waals surface area contributed by atoms with Gasteiger partial charge < -0.3 is 9.42 Å². The highest BCUT2D eigenvalue weighted by Crippen LogP contribution is 2.22. The molecule has 1 unspecified atom stereocenters. The van der Waals surface area contributed by atoms with Crippen molar-refractivity contribution in [2.24, 2.45) is 0 Å². The molecule has 6 heteroatoms. The van der Waals surface area contributed by atoms with Gasteiger partial charge in [0, 0.05) is 45.1 Å². The third-order valence-corrected chi connectivity index (χ3v) is 4.82. The highest BCUT2D eigenvalue weighted by atomic mass is 35.5. The second kappa shape index (κ2) is 7.36. The minimum absolute atomic E-state index is 0.106. The van der Waals surface area contributed by atoms with Crippen LogP contribution in [0, 0.1) is 0 Å². The average molecular weight is 348 g/mol. The topological polar surface area (TPSA) is 49.6 Å². The number of aryl methyl sites for hydroxylation is 1. The predicted molar refractivity (Wildman–Crippen MR) is 92.9 cm³/mol. The SMILES string of the molecule is CN(CC1Cc2ccccc2CN1C)C(=O)CCc1cc(Cl)no1. The molecule has 0 bridgehead atoms. The Kier molecular flexibility index (Phi) is 5.21.